The lowest BCUT2D eigenvalue weighted by Gasteiger charge is -2.44. The van der Waals surface area contributed by atoms with Gasteiger partial charge >= 0.3 is 0 Å². The average Bonchev–Trinajstić information content (AvgIpc) is 2.18. The predicted molar refractivity (Wildman–Crippen MR) is 68.0 cm³/mol. The molecule has 1 unspecified atom stereocenters. The third-order valence-electron chi connectivity index (χ3n) is 3.45. The lowest BCUT2D eigenvalue weighted by atomic mass is 9.99. The molecule has 2 aliphatic rings. The first-order chi connectivity index (χ1) is 7.49. The zero-order chi connectivity index (χ0) is 11.8. The summed E-state index contributed by atoms with van der Waals surface area (Å²) >= 11 is 2.26. The lowest BCUT2D eigenvalue weighted by molar-refractivity contribution is -0.126. The number of hydrogen-bond acceptors (Lipinski definition) is 3. The molecule has 2 aliphatic heterocycles. The molecule has 0 amide bonds. The predicted octanol–water partition coefficient (Wildman–Crippen LogP) is 1.29. The first-order valence-corrected chi connectivity index (χ1v) is 6.67. The summed E-state index contributed by atoms with van der Waals surface area (Å²) in [5, 5.41) is 0. The van der Waals surface area contributed by atoms with E-state index in [0.29, 0.717) is 6.42 Å². The van der Waals surface area contributed by atoms with Crippen molar-refractivity contribution in [3.05, 3.63) is 0 Å². The number of halogens is 3. The molecule has 2 heterocycles. The summed E-state index contributed by atoms with van der Waals surface area (Å²) in [4.78, 5) is 3.70. The molecule has 0 saturated carbocycles. The zero-order valence-electron chi connectivity index (χ0n) is 9.50. The van der Waals surface area contributed by atoms with Crippen LogP contribution in [0.2, 0.25) is 0 Å². The number of hydrogen-bond donors (Lipinski definition) is 0. The van der Waals surface area contributed by atoms with Crippen LogP contribution >= 0.6 is 22.9 Å². The van der Waals surface area contributed by atoms with Crippen LogP contribution in [0.4, 0.5) is 8.78 Å². The molecule has 3 nitrogen and oxygen atoms in total. The Morgan fingerprint density at radius 3 is 2.31 bits per heavy atom. The standard InChI is InChI=1S/C10H18F2IN3/c1-14-3-2-9(10(11,12)8-14)15-4-6-16(13)7-5-15/h9H,2-8H2,1H3. The Bertz CT molecular complexity index is 244. The van der Waals surface area contributed by atoms with E-state index in [-0.39, 0.29) is 6.54 Å². The van der Waals surface area contributed by atoms with E-state index in [4.69, 9.17) is 0 Å². The van der Waals surface area contributed by atoms with Gasteiger partial charge in [0.1, 0.15) is 0 Å². The number of piperidine rings is 1. The zero-order valence-corrected chi connectivity index (χ0v) is 11.7. The molecule has 0 N–H and O–H groups in total. The quantitative estimate of drug-likeness (QED) is 0.524. The minimum atomic E-state index is -2.56. The molecule has 0 spiro atoms. The number of rotatable bonds is 1. The van der Waals surface area contributed by atoms with Crippen LogP contribution in [0.15, 0.2) is 0 Å². The first kappa shape index (κ1) is 12.9. The summed E-state index contributed by atoms with van der Waals surface area (Å²) < 4.78 is 30.0. The van der Waals surface area contributed by atoms with Gasteiger partial charge in [-0.2, -0.15) is 0 Å². The molecule has 0 aliphatic carbocycles. The maximum Gasteiger partial charge on any atom is 0.275 e. The van der Waals surface area contributed by atoms with E-state index in [1.807, 2.05) is 4.90 Å². The SMILES string of the molecule is CN1CCC(N2CCN(I)CC2)C(F)(F)C1. The van der Waals surface area contributed by atoms with E-state index in [1.54, 1.807) is 11.9 Å². The third kappa shape index (κ3) is 2.83. The summed E-state index contributed by atoms with van der Waals surface area (Å²) in [7, 11) is 1.77. The van der Waals surface area contributed by atoms with Crippen molar-refractivity contribution >= 4 is 22.9 Å². The van der Waals surface area contributed by atoms with Gasteiger partial charge in [-0.15, -0.1) is 0 Å². The second-order valence-corrected chi connectivity index (χ2v) is 6.11. The number of alkyl halides is 2. The van der Waals surface area contributed by atoms with E-state index >= 15 is 0 Å². The summed E-state index contributed by atoms with van der Waals surface area (Å²) in [6, 6.07) is -0.547. The number of piperazine rings is 1. The van der Waals surface area contributed by atoms with Gasteiger partial charge in [0.05, 0.1) is 12.6 Å². The maximum absolute atomic E-state index is 13.9. The number of nitrogens with zero attached hydrogens (tertiary/aromatic N) is 3. The molecule has 94 valence electrons. The van der Waals surface area contributed by atoms with Crippen molar-refractivity contribution in [1.82, 2.24) is 12.9 Å². The van der Waals surface area contributed by atoms with Crippen molar-refractivity contribution in [2.75, 3.05) is 46.3 Å². The molecular formula is C10H18F2IN3. The Morgan fingerprint density at radius 1 is 1.12 bits per heavy atom. The van der Waals surface area contributed by atoms with Gasteiger partial charge in [0.25, 0.3) is 5.92 Å². The van der Waals surface area contributed by atoms with Crippen molar-refractivity contribution in [3.8, 4) is 0 Å². The Labute approximate surface area is 109 Å². The van der Waals surface area contributed by atoms with Gasteiger partial charge in [-0.3, -0.25) is 4.90 Å². The van der Waals surface area contributed by atoms with Gasteiger partial charge in [-0.1, -0.05) is 0 Å². The van der Waals surface area contributed by atoms with Crippen molar-refractivity contribution in [1.29, 1.82) is 0 Å². The van der Waals surface area contributed by atoms with E-state index in [9.17, 15) is 8.78 Å². The second-order valence-electron chi connectivity index (χ2n) is 4.75. The first-order valence-electron chi connectivity index (χ1n) is 5.70. The van der Waals surface area contributed by atoms with Gasteiger partial charge in [0.2, 0.25) is 0 Å². The third-order valence-corrected chi connectivity index (χ3v) is 4.42. The molecule has 0 aromatic carbocycles. The number of likely N-dealkylation sites (tertiary alicyclic amines) is 1. The van der Waals surface area contributed by atoms with E-state index in [2.05, 4.69) is 26.0 Å². The molecule has 0 radical (unpaired) electrons. The Kier molecular flexibility index (Phi) is 4.03. The van der Waals surface area contributed by atoms with Crippen LogP contribution in [0.25, 0.3) is 0 Å². The minimum absolute atomic E-state index is 0.0951. The van der Waals surface area contributed by atoms with Gasteiger partial charge in [-0.05, 0) is 20.0 Å². The molecule has 2 saturated heterocycles. The summed E-state index contributed by atoms with van der Waals surface area (Å²) in [6.45, 7) is 4.01. The summed E-state index contributed by atoms with van der Waals surface area (Å²) in [6.07, 6.45) is 0.588. The highest BCUT2D eigenvalue weighted by Gasteiger charge is 2.46. The van der Waals surface area contributed by atoms with Crippen LogP contribution in [-0.2, 0) is 0 Å². The topological polar surface area (TPSA) is 9.72 Å². The van der Waals surface area contributed by atoms with Crippen LogP contribution in [0, 0.1) is 0 Å². The molecule has 2 fully saturated rings. The fourth-order valence-electron chi connectivity index (χ4n) is 2.56. The van der Waals surface area contributed by atoms with Crippen LogP contribution < -0.4 is 0 Å². The van der Waals surface area contributed by atoms with Crippen LogP contribution in [-0.4, -0.2) is 71.2 Å². The fraction of sp³-hybridized carbons (Fsp3) is 1.00. The van der Waals surface area contributed by atoms with Crippen molar-refractivity contribution in [2.45, 2.75) is 18.4 Å². The van der Waals surface area contributed by atoms with Crippen molar-refractivity contribution in [2.24, 2.45) is 0 Å². The minimum Gasteiger partial charge on any atom is -0.300 e. The average molecular weight is 345 g/mol. The molecular weight excluding hydrogens is 327 g/mol. The maximum atomic E-state index is 13.9. The Hall–Kier alpha value is 0.470. The molecule has 0 aromatic heterocycles. The highest BCUT2D eigenvalue weighted by Crippen LogP contribution is 2.31. The van der Waals surface area contributed by atoms with Crippen molar-refractivity contribution < 1.29 is 8.78 Å². The molecule has 2 rings (SSSR count). The Morgan fingerprint density at radius 2 is 1.75 bits per heavy atom. The lowest BCUT2D eigenvalue weighted by Crippen LogP contribution is -2.60. The molecule has 16 heavy (non-hydrogen) atoms. The molecule has 0 aromatic rings. The molecule has 1 atom stereocenters. The normalized spacial score (nSPS) is 34.1. The highest BCUT2D eigenvalue weighted by molar-refractivity contribution is 14.1. The molecule has 6 heteroatoms. The van der Waals surface area contributed by atoms with Gasteiger partial charge in [0, 0.05) is 49.0 Å². The van der Waals surface area contributed by atoms with E-state index < -0.39 is 12.0 Å². The Balaban J connectivity index is 1.98. The summed E-state index contributed by atoms with van der Waals surface area (Å²) in [5.41, 5.74) is 0. The second kappa shape index (κ2) is 4.99. The smallest absolute Gasteiger partial charge is 0.275 e. The fourth-order valence-corrected chi connectivity index (χ4v) is 2.99. The van der Waals surface area contributed by atoms with Crippen LogP contribution in [0.1, 0.15) is 6.42 Å². The van der Waals surface area contributed by atoms with Crippen molar-refractivity contribution in [3.63, 3.8) is 0 Å². The van der Waals surface area contributed by atoms with Gasteiger partial charge in [-0.25, -0.2) is 11.9 Å². The van der Waals surface area contributed by atoms with Gasteiger partial charge in [0.15, 0.2) is 0 Å². The monoisotopic (exact) mass is 345 g/mol. The van der Waals surface area contributed by atoms with Crippen LogP contribution in [0.3, 0.4) is 0 Å². The van der Waals surface area contributed by atoms with E-state index in [1.165, 1.54) is 0 Å². The largest absolute Gasteiger partial charge is 0.300 e. The molecule has 0 bridgehead atoms. The van der Waals surface area contributed by atoms with Crippen LogP contribution in [0.5, 0.6) is 0 Å². The highest BCUT2D eigenvalue weighted by atomic mass is 127. The van der Waals surface area contributed by atoms with E-state index in [0.717, 1.165) is 32.7 Å². The van der Waals surface area contributed by atoms with Gasteiger partial charge < -0.3 is 4.90 Å². The summed E-state index contributed by atoms with van der Waals surface area (Å²) in [5.74, 6) is -2.56.